The number of methoxy groups -OCH3 is 1. The first-order valence-corrected chi connectivity index (χ1v) is 11.1. The molecule has 1 atom stereocenters. The summed E-state index contributed by atoms with van der Waals surface area (Å²) in [5, 5.41) is 3.17. The van der Waals surface area contributed by atoms with Gasteiger partial charge in [0.1, 0.15) is 11.7 Å². The van der Waals surface area contributed by atoms with E-state index in [9.17, 15) is 22.4 Å². The number of rotatable bonds is 9. The minimum atomic E-state index is -4.50. The number of hydrogen-bond donors (Lipinski definition) is 1. The third kappa shape index (κ3) is 6.63. The van der Waals surface area contributed by atoms with Crippen molar-refractivity contribution < 1.29 is 27.1 Å². The van der Waals surface area contributed by atoms with E-state index in [0.29, 0.717) is 41.2 Å². The molecule has 0 bridgehead atoms. The number of pyridine rings is 1. The molecule has 5 nitrogen and oxygen atoms in total. The zero-order valence-electron chi connectivity index (χ0n) is 19.1. The van der Waals surface area contributed by atoms with Crippen LogP contribution in [0.15, 0.2) is 60.8 Å². The zero-order valence-corrected chi connectivity index (χ0v) is 19.8. The second-order valence-corrected chi connectivity index (χ2v) is 8.17. The maximum absolute atomic E-state index is 14.1. The number of ether oxygens (including phenoxy) is 1. The summed E-state index contributed by atoms with van der Waals surface area (Å²) in [6.07, 6.45) is -2.41. The first-order valence-electron chi connectivity index (χ1n) is 10.7. The topological polar surface area (TPSA) is 54.5 Å². The predicted octanol–water partition coefficient (Wildman–Crippen LogP) is 5.83. The molecule has 0 saturated carbocycles. The molecule has 0 aliphatic rings. The first kappa shape index (κ1) is 26.3. The Balaban J connectivity index is 1.91. The molecule has 1 unspecified atom stereocenters. The average Bonchev–Trinajstić information content (AvgIpc) is 2.84. The predicted molar refractivity (Wildman–Crippen MR) is 126 cm³/mol. The highest BCUT2D eigenvalue weighted by Crippen LogP contribution is 2.32. The monoisotopic (exact) mass is 509 g/mol. The minimum Gasteiger partial charge on any atom is -0.494 e. The van der Waals surface area contributed by atoms with Crippen LogP contribution in [-0.4, -0.2) is 31.6 Å². The molecule has 3 aromatic rings. The van der Waals surface area contributed by atoms with Crippen LogP contribution >= 0.6 is 11.6 Å². The third-order valence-electron chi connectivity index (χ3n) is 5.44. The van der Waals surface area contributed by atoms with E-state index in [-0.39, 0.29) is 11.7 Å². The van der Waals surface area contributed by atoms with E-state index < -0.39 is 23.7 Å². The lowest BCUT2D eigenvalue weighted by Gasteiger charge is -2.33. The number of amides is 1. The van der Waals surface area contributed by atoms with Crippen LogP contribution < -0.4 is 15.0 Å². The van der Waals surface area contributed by atoms with Gasteiger partial charge < -0.3 is 15.0 Å². The molecule has 1 amide bonds. The molecule has 0 saturated heterocycles. The van der Waals surface area contributed by atoms with Crippen LogP contribution in [0.2, 0.25) is 5.02 Å². The van der Waals surface area contributed by atoms with Gasteiger partial charge in [-0.05, 0) is 54.3 Å². The van der Waals surface area contributed by atoms with Gasteiger partial charge in [0.05, 0.1) is 7.11 Å². The molecule has 10 heteroatoms. The number of halogens is 5. The van der Waals surface area contributed by atoms with Crippen LogP contribution in [0.3, 0.4) is 0 Å². The minimum absolute atomic E-state index is 0.0196. The van der Waals surface area contributed by atoms with Crippen molar-refractivity contribution in [2.24, 2.45) is 0 Å². The van der Waals surface area contributed by atoms with Crippen LogP contribution in [0.5, 0.6) is 5.75 Å². The van der Waals surface area contributed by atoms with Crippen molar-refractivity contribution in [2.45, 2.75) is 25.1 Å². The van der Waals surface area contributed by atoms with E-state index in [2.05, 4.69) is 10.3 Å². The SMILES string of the molecule is CNC(=O)C(c1ccc(Cl)cc1)N(CCCc1ccc(C(F)(F)F)nc1)c1ccc(F)c(OC)c1. The van der Waals surface area contributed by atoms with Crippen molar-refractivity contribution in [1.29, 1.82) is 0 Å². The molecule has 0 spiro atoms. The lowest BCUT2D eigenvalue weighted by molar-refractivity contribution is -0.141. The smallest absolute Gasteiger partial charge is 0.433 e. The molecule has 3 rings (SSSR count). The van der Waals surface area contributed by atoms with Crippen molar-refractivity contribution >= 4 is 23.2 Å². The normalized spacial score (nSPS) is 12.2. The Morgan fingerprint density at radius 1 is 1.14 bits per heavy atom. The van der Waals surface area contributed by atoms with Crippen molar-refractivity contribution in [3.63, 3.8) is 0 Å². The van der Waals surface area contributed by atoms with Gasteiger partial charge in [0, 0.05) is 36.6 Å². The van der Waals surface area contributed by atoms with Crippen LogP contribution in [0, 0.1) is 5.82 Å². The number of hydrogen-bond acceptors (Lipinski definition) is 4. The van der Waals surface area contributed by atoms with E-state index in [1.54, 1.807) is 35.2 Å². The van der Waals surface area contributed by atoms with Gasteiger partial charge in [-0.15, -0.1) is 0 Å². The third-order valence-corrected chi connectivity index (χ3v) is 5.69. The Bertz CT molecular complexity index is 1140. The molecular formula is C25H24ClF4N3O2. The van der Waals surface area contributed by atoms with Gasteiger partial charge in [-0.1, -0.05) is 29.8 Å². The number of nitrogens with zero attached hydrogens (tertiary/aromatic N) is 2. The Kier molecular flexibility index (Phi) is 8.56. The highest BCUT2D eigenvalue weighted by molar-refractivity contribution is 6.30. The lowest BCUT2D eigenvalue weighted by atomic mass is 10.0. The highest BCUT2D eigenvalue weighted by atomic mass is 35.5. The van der Waals surface area contributed by atoms with Gasteiger partial charge in [-0.2, -0.15) is 13.2 Å². The summed E-state index contributed by atoms with van der Waals surface area (Å²) in [7, 11) is 2.86. The summed E-state index contributed by atoms with van der Waals surface area (Å²) < 4.78 is 57.6. The summed E-state index contributed by atoms with van der Waals surface area (Å²) in [5.74, 6) is -0.826. The number of carbonyl (C=O) groups is 1. The van der Waals surface area contributed by atoms with Crippen molar-refractivity contribution in [3.8, 4) is 5.75 Å². The van der Waals surface area contributed by atoms with Gasteiger partial charge in [-0.25, -0.2) is 4.39 Å². The number of aromatic nitrogens is 1. The summed E-state index contributed by atoms with van der Waals surface area (Å²) in [6, 6.07) is 12.7. The largest absolute Gasteiger partial charge is 0.494 e. The Morgan fingerprint density at radius 2 is 1.86 bits per heavy atom. The zero-order chi connectivity index (χ0) is 25.6. The maximum Gasteiger partial charge on any atom is 0.433 e. The van der Waals surface area contributed by atoms with Gasteiger partial charge in [0.2, 0.25) is 5.91 Å². The van der Waals surface area contributed by atoms with Crippen LogP contribution in [-0.2, 0) is 17.4 Å². The summed E-state index contributed by atoms with van der Waals surface area (Å²) in [5.41, 5.74) is 0.868. The number of anilines is 1. The Morgan fingerprint density at radius 3 is 2.43 bits per heavy atom. The van der Waals surface area contributed by atoms with Crippen molar-refractivity contribution in [1.82, 2.24) is 10.3 Å². The van der Waals surface area contributed by atoms with Crippen LogP contribution in [0.4, 0.5) is 23.2 Å². The van der Waals surface area contributed by atoms with Gasteiger partial charge >= 0.3 is 6.18 Å². The fourth-order valence-corrected chi connectivity index (χ4v) is 3.81. The number of carbonyl (C=O) groups excluding carboxylic acids is 1. The molecule has 35 heavy (non-hydrogen) atoms. The molecule has 1 aromatic heterocycles. The molecule has 1 heterocycles. The van der Waals surface area contributed by atoms with Gasteiger partial charge in [-0.3, -0.25) is 9.78 Å². The maximum atomic E-state index is 14.1. The molecule has 0 radical (unpaired) electrons. The van der Waals surface area contributed by atoms with E-state index in [0.717, 1.165) is 6.07 Å². The van der Waals surface area contributed by atoms with Gasteiger partial charge in [0.25, 0.3) is 0 Å². The lowest BCUT2D eigenvalue weighted by Crippen LogP contribution is -2.40. The number of alkyl halides is 3. The molecule has 186 valence electrons. The standard InChI is InChI=1S/C25H24ClF4N3O2/c1-31-24(34)23(17-6-8-18(26)9-7-17)33(19-10-11-20(27)21(14-19)35-2)13-3-4-16-5-12-22(32-15-16)25(28,29)30/h5-12,14-15,23H,3-4,13H2,1-2H3,(H,31,34). The number of nitrogens with one attached hydrogen (secondary N) is 1. The van der Waals surface area contributed by atoms with Crippen LogP contribution in [0.1, 0.15) is 29.3 Å². The number of likely N-dealkylation sites (N-methyl/N-ethyl adjacent to an activating group) is 1. The van der Waals surface area contributed by atoms with Crippen molar-refractivity contribution in [3.05, 3.63) is 88.5 Å². The summed E-state index contributed by atoms with van der Waals surface area (Å²) in [4.78, 5) is 18.3. The number of aryl methyl sites for hydroxylation is 1. The summed E-state index contributed by atoms with van der Waals surface area (Å²) >= 11 is 6.03. The second kappa shape index (κ2) is 11.4. The average molecular weight is 510 g/mol. The van der Waals surface area contributed by atoms with Gasteiger partial charge in [0.15, 0.2) is 11.6 Å². The molecule has 0 aliphatic carbocycles. The van der Waals surface area contributed by atoms with E-state index in [1.165, 1.54) is 38.6 Å². The molecular weight excluding hydrogens is 486 g/mol. The first-order chi connectivity index (χ1) is 16.6. The molecule has 2 aromatic carbocycles. The fraction of sp³-hybridized carbons (Fsp3) is 0.280. The highest BCUT2D eigenvalue weighted by Gasteiger charge is 2.32. The quantitative estimate of drug-likeness (QED) is 0.369. The summed E-state index contributed by atoms with van der Waals surface area (Å²) in [6.45, 7) is 0.330. The fourth-order valence-electron chi connectivity index (χ4n) is 3.68. The Hall–Kier alpha value is -3.33. The van der Waals surface area contributed by atoms with Crippen molar-refractivity contribution in [2.75, 3.05) is 25.6 Å². The van der Waals surface area contributed by atoms with Crippen LogP contribution in [0.25, 0.3) is 0 Å². The van der Waals surface area contributed by atoms with E-state index >= 15 is 0 Å². The second-order valence-electron chi connectivity index (χ2n) is 7.73. The Labute approximate surface area is 205 Å². The van der Waals surface area contributed by atoms with E-state index in [4.69, 9.17) is 16.3 Å². The molecule has 0 aliphatic heterocycles. The number of benzene rings is 2. The molecule has 0 fully saturated rings. The molecule has 1 N–H and O–H groups in total. The van der Waals surface area contributed by atoms with E-state index in [1.807, 2.05) is 0 Å².